The van der Waals surface area contributed by atoms with Crippen LogP contribution in [0, 0.1) is 0 Å². The average Bonchev–Trinajstić information content (AvgIpc) is 2.60. The number of hydrogen-bond donors (Lipinski definition) is 0. The zero-order valence-corrected chi connectivity index (χ0v) is 16.0. The molecule has 0 atom stereocenters. The van der Waals surface area contributed by atoms with Crippen LogP contribution in [0.3, 0.4) is 0 Å². The van der Waals surface area contributed by atoms with E-state index >= 15 is 0 Å². The third-order valence-corrected chi connectivity index (χ3v) is 3.03. The number of esters is 4. The highest BCUT2D eigenvalue weighted by atomic mass is 16.6. The van der Waals surface area contributed by atoms with E-state index in [4.69, 9.17) is 18.9 Å². The fourth-order valence-corrected chi connectivity index (χ4v) is 1.59. The maximum Gasteiger partial charge on any atom is 0.333 e. The quantitative estimate of drug-likeness (QED) is 0.194. The van der Waals surface area contributed by atoms with Gasteiger partial charge in [0.2, 0.25) is 0 Å². The van der Waals surface area contributed by atoms with Crippen LogP contribution in [0.4, 0.5) is 0 Å². The first-order valence-electron chi connectivity index (χ1n) is 8.70. The molecule has 0 heterocycles. The van der Waals surface area contributed by atoms with Crippen molar-refractivity contribution in [3.05, 3.63) is 24.3 Å². The summed E-state index contributed by atoms with van der Waals surface area (Å²) in [6.45, 7) is 10.6. The molecule has 0 aliphatic heterocycles. The third kappa shape index (κ3) is 14.2. The summed E-state index contributed by atoms with van der Waals surface area (Å²) < 4.78 is 19.6. The molecule has 8 nitrogen and oxygen atoms in total. The largest absolute Gasteiger partial charge is 0.466 e. The molecule has 27 heavy (non-hydrogen) atoms. The van der Waals surface area contributed by atoms with Crippen molar-refractivity contribution >= 4 is 23.9 Å². The van der Waals surface area contributed by atoms with Gasteiger partial charge in [0.1, 0.15) is 0 Å². The molecule has 0 fully saturated rings. The van der Waals surface area contributed by atoms with Crippen LogP contribution in [0.15, 0.2) is 24.3 Å². The molecule has 0 spiro atoms. The first kappa shape index (κ1) is 24.4. The highest BCUT2D eigenvalue weighted by Gasteiger charge is 2.08. The van der Waals surface area contributed by atoms with Crippen LogP contribution in [0.2, 0.25) is 0 Å². The third-order valence-electron chi connectivity index (χ3n) is 3.03. The molecule has 0 aliphatic carbocycles. The molecule has 0 aromatic carbocycles. The Hall–Kier alpha value is -2.64. The molecule has 0 N–H and O–H groups in total. The van der Waals surface area contributed by atoms with Crippen LogP contribution in [-0.2, 0) is 38.1 Å². The van der Waals surface area contributed by atoms with Gasteiger partial charge in [-0.25, -0.2) is 9.59 Å². The van der Waals surface area contributed by atoms with Gasteiger partial charge in [0.05, 0.1) is 26.4 Å². The first-order valence-corrected chi connectivity index (χ1v) is 8.70. The molecule has 0 aromatic heterocycles. The van der Waals surface area contributed by atoms with E-state index in [-0.39, 0.29) is 39.3 Å². The zero-order valence-electron chi connectivity index (χ0n) is 16.0. The van der Waals surface area contributed by atoms with E-state index in [1.807, 2.05) is 0 Å². The Morgan fingerprint density at radius 2 is 0.926 bits per heavy atom. The molecular formula is C19H28O8. The lowest BCUT2D eigenvalue weighted by molar-refractivity contribution is -0.145. The highest BCUT2D eigenvalue weighted by Crippen LogP contribution is 2.02. The Morgan fingerprint density at radius 1 is 0.593 bits per heavy atom. The van der Waals surface area contributed by atoms with Crippen LogP contribution in [0.1, 0.15) is 46.0 Å². The molecule has 0 saturated carbocycles. The van der Waals surface area contributed by atoms with Crippen molar-refractivity contribution < 1.29 is 38.1 Å². The van der Waals surface area contributed by atoms with Gasteiger partial charge in [-0.15, -0.1) is 0 Å². The van der Waals surface area contributed by atoms with Gasteiger partial charge in [-0.05, 0) is 20.3 Å². The SMILES string of the molecule is C=C(C)C(=O)OCCCOC(=O)CCCC(=O)OCCCOC(=O)C(=C)C. The Kier molecular flexibility index (Phi) is 13.1. The predicted octanol–water partition coefficient (Wildman–Crippen LogP) is 2.26. The summed E-state index contributed by atoms with van der Waals surface area (Å²) in [5, 5.41) is 0. The molecular weight excluding hydrogens is 356 g/mol. The van der Waals surface area contributed by atoms with Gasteiger partial charge in [-0.2, -0.15) is 0 Å². The maximum atomic E-state index is 11.5. The van der Waals surface area contributed by atoms with Crippen molar-refractivity contribution in [3.8, 4) is 0 Å². The van der Waals surface area contributed by atoms with E-state index in [0.717, 1.165) is 0 Å². The average molecular weight is 384 g/mol. The fourth-order valence-electron chi connectivity index (χ4n) is 1.59. The molecule has 0 saturated heterocycles. The van der Waals surface area contributed by atoms with E-state index in [0.29, 0.717) is 30.4 Å². The lowest BCUT2D eigenvalue weighted by Gasteiger charge is -2.07. The summed E-state index contributed by atoms with van der Waals surface area (Å²) in [5.74, 6) is -1.82. The molecule has 0 bridgehead atoms. The molecule has 0 aliphatic rings. The van der Waals surface area contributed by atoms with Crippen LogP contribution in [0.5, 0.6) is 0 Å². The summed E-state index contributed by atoms with van der Waals surface area (Å²) in [4.78, 5) is 45.2. The summed E-state index contributed by atoms with van der Waals surface area (Å²) in [5.41, 5.74) is 0.624. The molecule has 0 rings (SSSR count). The second-order valence-corrected chi connectivity index (χ2v) is 5.83. The Morgan fingerprint density at radius 3 is 1.26 bits per heavy atom. The van der Waals surface area contributed by atoms with Crippen LogP contribution in [0.25, 0.3) is 0 Å². The minimum atomic E-state index is -0.478. The summed E-state index contributed by atoms with van der Waals surface area (Å²) in [6, 6.07) is 0. The predicted molar refractivity (Wildman–Crippen MR) is 96.5 cm³/mol. The normalized spacial score (nSPS) is 9.85. The summed E-state index contributed by atoms with van der Waals surface area (Å²) in [6.07, 6.45) is 1.28. The smallest absolute Gasteiger partial charge is 0.333 e. The minimum absolute atomic E-state index is 0.0941. The zero-order chi connectivity index (χ0) is 20.7. The van der Waals surface area contributed by atoms with E-state index in [9.17, 15) is 19.2 Å². The van der Waals surface area contributed by atoms with E-state index in [2.05, 4.69) is 13.2 Å². The maximum absolute atomic E-state index is 11.5. The summed E-state index contributed by atoms with van der Waals surface area (Å²) in [7, 11) is 0. The summed E-state index contributed by atoms with van der Waals surface area (Å²) >= 11 is 0. The van der Waals surface area contributed by atoms with Gasteiger partial charge in [0.15, 0.2) is 0 Å². The van der Waals surface area contributed by atoms with Gasteiger partial charge in [0.25, 0.3) is 0 Å². The van der Waals surface area contributed by atoms with E-state index in [1.165, 1.54) is 0 Å². The van der Waals surface area contributed by atoms with Crippen molar-refractivity contribution in [2.24, 2.45) is 0 Å². The van der Waals surface area contributed by atoms with Gasteiger partial charge in [0, 0.05) is 36.8 Å². The number of carbonyl (C=O) groups is 4. The van der Waals surface area contributed by atoms with Crippen LogP contribution in [-0.4, -0.2) is 50.3 Å². The topological polar surface area (TPSA) is 105 Å². The fraction of sp³-hybridized carbons (Fsp3) is 0.579. The number of carbonyl (C=O) groups excluding carboxylic acids is 4. The Balaban J connectivity index is 3.56. The van der Waals surface area contributed by atoms with Crippen molar-refractivity contribution in [1.29, 1.82) is 0 Å². The molecule has 8 heteroatoms. The number of rotatable bonds is 14. The van der Waals surface area contributed by atoms with Crippen LogP contribution >= 0.6 is 0 Å². The molecule has 0 radical (unpaired) electrons. The van der Waals surface area contributed by atoms with Crippen molar-refractivity contribution in [1.82, 2.24) is 0 Å². The van der Waals surface area contributed by atoms with Gasteiger partial charge < -0.3 is 18.9 Å². The van der Waals surface area contributed by atoms with Gasteiger partial charge in [-0.3, -0.25) is 9.59 Å². The molecule has 152 valence electrons. The van der Waals surface area contributed by atoms with Crippen LogP contribution < -0.4 is 0 Å². The van der Waals surface area contributed by atoms with Crippen molar-refractivity contribution in [3.63, 3.8) is 0 Å². The van der Waals surface area contributed by atoms with Crippen molar-refractivity contribution in [2.45, 2.75) is 46.0 Å². The lowest BCUT2D eigenvalue weighted by Crippen LogP contribution is -2.12. The Labute approximate surface area is 159 Å². The van der Waals surface area contributed by atoms with Gasteiger partial charge in [-0.1, -0.05) is 13.2 Å². The molecule has 0 unspecified atom stereocenters. The standard InChI is InChI=1S/C19H28O8/c1-14(2)18(22)26-12-6-10-24-16(20)8-5-9-17(21)25-11-7-13-27-19(23)15(3)4/h1,3,5-13H2,2,4H3. The lowest BCUT2D eigenvalue weighted by atomic mass is 10.2. The van der Waals surface area contributed by atoms with Crippen molar-refractivity contribution in [2.75, 3.05) is 26.4 Å². The monoisotopic (exact) mass is 384 g/mol. The second-order valence-electron chi connectivity index (χ2n) is 5.83. The number of hydrogen-bond acceptors (Lipinski definition) is 8. The van der Waals surface area contributed by atoms with E-state index < -0.39 is 23.9 Å². The molecule has 0 aromatic rings. The highest BCUT2D eigenvalue weighted by molar-refractivity contribution is 5.87. The van der Waals surface area contributed by atoms with E-state index in [1.54, 1.807) is 13.8 Å². The second kappa shape index (κ2) is 14.5. The molecule has 0 amide bonds. The minimum Gasteiger partial charge on any atom is -0.466 e. The Bertz CT molecular complexity index is 502. The number of ether oxygens (including phenoxy) is 4. The first-order chi connectivity index (χ1) is 12.7. The van der Waals surface area contributed by atoms with Gasteiger partial charge >= 0.3 is 23.9 Å².